The second kappa shape index (κ2) is 18.6. The average Bonchev–Trinajstić information content (AvgIpc) is 3.64. The lowest BCUT2D eigenvalue weighted by molar-refractivity contribution is -0.141. The highest BCUT2D eigenvalue weighted by molar-refractivity contribution is 7.99. The van der Waals surface area contributed by atoms with E-state index in [0.717, 1.165) is 54.7 Å². The molecule has 2 N–H and O–H groups in total. The quantitative estimate of drug-likeness (QED) is 0.163. The maximum atomic E-state index is 14.4. The molecule has 288 valence electrons. The predicted molar refractivity (Wildman–Crippen MR) is 212 cm³/mol. The summed E-state index contributed by atoms with van der Waals surface area (Å²) in [5.41, 5.74) is 2.85. The Morgan fingerprint density at radius 3 is 1.93 bits per heavy atom. The van der Waals surface area contributed by atoms with Crippen molar-refractivity contribution in [1.29, 1.82) is 0 Å². The minimum atomic E-state index is -0.691. The Morgan fingerprint density at radius 1 is 0.727 bits per heavy atom. The number of benzene rings is 3. The van der Waals surface area contributed by atoms with Crippen molar-refractivity contribution in [3.63, 3.8) is 0 Å². The zero-order valence-electron chi connectivity index (χ0n) is 31.1. The number of rotatable bonds is 13. The van der Waals surface area contributed by atoms with E-state index in [1.54, 1.807) is 16.7 Å². The summed E-state index contributed by atoms with van der Waals surface area (Å²) in [4.78, 5) is 60.4. The molecule has 0 bridgehead atoms. The number of piperidine rings is 1. The van der Waals surface area contributed by atoms with Crippen molar-refractivity contribution in [3.05, 3.63) is 114 Å². The van der Waals surface area contributed by atoms with Crippen LogP contribution in [0.15, 0.2) is 102 Å². The third-order valence-corrected chi connectivity index (χ3v) is 12.5. The number of amides is 4. The van der Waals surface area contributed by atoms with Crippen molar-refractivity contribution in [3.8, 4) is 0 Å². The van der Waals surface area contributed by atoms with Crippen LogP contribution >= 0.6 is 11.8 Å². The van der Waals surface area contributed by atoms with Gasteiger partial charge < -0.3 is 24.9 Å². The number of hydrogen-bond donors (Lipinski definition) is 2. The second-order valence-electron chi connectivity index (χ2n) is 14.9. The Kier molecular flexibility index (Phi) is 12.9. The Bertz CT molecular complexity index is 1860. The molecule has 12 heteroatoms. The molecule has 3 fully saturated rings. The summed E-state index contributed by atoms with van der Waals surface area (Å²) < 4.78 is 5.57. The number of aromatic nitrogens is 2. The first-order chi connectivity index (χ1) is 26.9. The molecule has 7 rings (SSSR count). The largest absolute Gasteiger partial charge is 0.426 e. The smallest absolute Gasteiger partial charge is 0.249 e. The fraction of sp³-hybridized carbons (Fsp3) is 0.442. The number of carbonyl (C=O) groups excluding carboxylic acids is 4. The first kappa shape index (κ1) is 38.3. The van der Waals surface area contributed by atoms with Gasteiger partial charge in [0.15, 0.2) is 0 Å². The van der Waals surface area contributed by atoms with Gasteiger partial charge in [0.1, 0.15) is 18.1 Å². The highest BCUT2D eigenvalue weighted by Gasteiger charge is 2.43. The molecule has 11 nitrogen and oxygen atoms in total. The molecule has 4 aromatic rings. The van der Waals surface area contributed by atoms with Gasteiger partial charge in [-0.3, -0.25) is 19.2 Å². The molecule has 3 saturated heterocycles. The topological polar surface area (TPSA) is 138 Å². The summed E-state index contributed by atoms with van der Waals surface area (Å²) in [6.07, 6.45) is 8.41. The molecule has 4 heterocycles. The summed E-state index contributed by atoms with van der Waals surface area (Å²) in [7, 11) is 0. The van der Waals surface area contributed by atoms with Gasteiger partial charge in [-0.1, -0.05) is 78.9 Å². The number of nitrogens with zero attached hydrogens (tertiary/aromatic N) is 4. The van der Waals surface area contributed by atoms with Gasteiger partial charge >= 0.3 is 0 Å². The maximum absolute atomic E-state index is 14.4. The molecule has 3 aliphatic heterocycles. The van der Waals surface area contributed by atoms with Crippen molar-refractivity contribution in [2.75, 3.05) is 17.2 Å². The summed E-state index contributed by atoms with van der Waals surface area (Å²) in [5, 5.41) is 14.3. The Balaban J connectivity index is 1.08. The van der Waals surface area contributed by atoms with Crippen LogP contribution in [0.25, 0.3) is 0 Å². The maximum Gasteiger partial charge on any atom is 0.249 e. The highest BCUT2D eigenvalue weighted by Crippen LogP contribution is 2.40. The van der Waals surface area contributed by atoms with Crippen molar-refractivity contribution < 1.29 is 23.6 Å². The molecule has 1 aromatic heterocycles. The normalized spacial score (nSPS) is 22.8. The van der Waals surface area contributed by atoms with E-state index in [-0.39, 0.29) is 35.0 Å². The zero-order chi connectivity index (χ0) is 38.0. The fourth-order valence-electron chi connectivity index (χ4n) is 8.22. The van der Waals surface area contributed by atoms with E-state index < -0.39 is 23.9 Å². The van der Waals surface area contributed by atoms with Crippen LogP contribution in [0, 0.1) is 11.8 Å². The van der Waals surface area contributed by atoms with E-state index >= 15 is 0 Å². The van der Waals surface area contributed by atoms with Crippen LogP contribution in [0.4, 0.5) is 5.69 Å². The van der Waals surface area contributed by atoms with Gasteiger partial charge in [0, 0.05) is 24.1 Å². The van der Waals surface area contributed by atoms with E-state index in [1.807, 2.05) is 95.9 Å². The van der Waals surface area contributed by atoms with Crippen molar-refractivity contribution in [1.82, 2.24) is 25.7 Å². The summed E-state index contributed by atoms with van der Waals surface area (Å²) in [5.74, 6) is -0.413. The molecule has 0 unspecified atom stereocenters. The lowest BCUT2D eigenvalue weighted by Crippen LogP contribution is -2.53. The third kappa shape index (κ3) is 9.65. The molecule has 0 aliphatic carbocycles. The van der Waals surface area contributed by atoms with Crippen LogP contribution in [0.1, 0.15) is 80.8 Å². The minimum Gasteiger partial charge on any atom is -0.426 e. The SMILES string of the molecule is O=C(N[C@H]1CCCCN(c2ccccc2)C1=O)[C@H](CC[C@H](Cc1ccccc1)C(=O)N[C@H]1CCS[C@H]2CCC[C@@H](c3nnco3)N2C1=O)Cc1ccccc1. The van der Waals surface area contributed by atoms with Gasteiger partial charge in [0.2, 0.25) is 35.9 Å². The van der Waals surface area contributed by atoms with Gasteiger partial charge in [-0.15, -0.1) is 22.0 Å². The van der Waals surface area contributed by atoms with Gasteiger partial charge in [-0.25, -0.2) is 0 Å². The van der Waals surface area contributed by atoms with E-state index in [1.165, 1.54) is 6.39 Å². The lowest BCUT2D eigenvalue weighted by Gasteiger charge is -2.40. The molecule has 0 spiro atoms. The molecule has 6 atom stereocenters. The van der Waals surface area contributed by atoms with Crippen molar-refractivity contribution in [2.45, 2.75) is 94.1 Å². The summed E-state index contributed by atoms with van der Waals surface area (Å²) in [6, 6.07) is 27.7. The fourth-order valence-corrected chi connectivity index (χ4v) is 9.61. The van der Waals surface area contributed by atoms with Gasteiger partial charge in [-0.05, 0) is 99.6 Å². The first-order valence-electron chi connectivity index (χ1n) is 19.7. The highest BCUT2D eigenvalue weighted by atomic mass is 32.2. The van der Waals surface area contributed by atoms with Crippen LogP contribution in [0.5, 0.6) is 0 Å². The zero-order valence-corrected chi connectivity index (χ0v) is 31.9. The standard InChI is InChI=1S/C43H50N6O5S/c50-39(45-35-19-10-11-25-48(42(35)52)34-17-8-3-9-18-34)32(27-30-13-4-1-5-14-30)22-23-33(28-31-15-6-2-7-16-31)40(51)46-36-24-26-55-38-21-12-20-37(49(38)43(36)53)41-47-44-29-54-41/h1-9,13-18,29,32-33,35-38H,10-12,19-28H2,(H,45,50)(H,46,51)/t32-,33-,35+,36+,37+,38+/m1/s1. The van der Waals surface area contributed by atoms with E-state index in [0.29, 0.717) is 51.0 Å². The van der Waals surface area contributed by atoms with E-state index in [4.69, 9.17) is 4.42 Å². The van der Waals surface area contributed by atoms with Crippen molar-refractivity contribution in [2.24, 2.45) is 11.8 Å². The number of thioether (sulfide) groups is 1. The second-order valence-corrected chi connectivity index (χ2v) is 16.2. The number of anilines is 1. The Morgan fingerprint density at radius 2 is 1.33 bits per heavy atom. The average molecular weight is 763 g/mol. The molecule has 0 radical (unpaired) electrons. The van der Waals surface area contributed by atoms with E-state index in [2.05, 4.69) is 20.8 Å². The molecule has 3 aliphatic rings. The van der Waals surface area contributed by atoms with E-state index in [9.17, 15) is 19.2 Å². The number of hydrogen-bond acceptors (Lipinski definition) is 8. The molecule has 4 amide bonds. The first-order valence-corrected chi connectivity index (χ1v) is 20.7. The van der Waals surface area contributed by atoms with Crippen LogP contribution < -0.4 is 15.5 Å². The van der Waals surface area contributed by atoms with Crippen molar-refractivity contribution >= 4 is 41.1 Å². The molecule has 55 heavy (non-hydrogen) atoms. The third-order valence-electron chi connectivity index (χ3n) is 11.2. The summed E-state index contributed by atoms with van der Waals surface area (Å²) >= 11 is 1.74. The van der Waals surface area contributed by atoms with Crippen LogP contribution in [-0.4, -0.2) is 68.5 Å². The van der Waals surface area contributed by atoms with Crippen LogP contribution in [0.3, 0.4) is 0 Å². The number of para-hydroxylation sites is 1. The van der Waals surface area contributed by atoms with Crippen LogP contribution in [0.2, 0.25) is 0 Å². The number of fused-ring (bicyclic) bond motifs is 1. The summed E-state index contributed by atoms with van der Waals surface area (Å²) in [6.45, 7) is 0.608. The monoisotopic (exact) mass is 762 g/mol. The number of carbonyl (C=O) groups is 4. The predicted octanol–water partition coefficient (Wildman–Crippen LogP) is 6.27. The molecular weight excluding hydrogens is 713 g/mol. The molecule has 0 saturated carbocycles. The minimum absolute atomic E-state index is 0.0162. The molecular formula is C43H50N6O5S. The van der Waals surface area contributed by atoms with Gasteiger partial charge in [-0.2, -0.15) is 0 Å². The van der Waals surface area contributed by atoms with Crippen LogP contribution in [-0.2, 0) is 32.0 Å². The molecule has 3 aromatic carbocycles. The Labute approximate surface area is 327 Å². The lowest BCUT2D eigenvalue weighted by atomic mass is 9.86. The number of nitrogens with one attached hydrogen (secondary N) is 2. The van der Waals surface area contributed by atoms with Gasteiger partial charge in [0.25, 0.3) is 0 Å². The Hall–Kier alpha value is -4.97. The van der Waals surface area contributed by atoms with Gasteiger partial charge in [0.05, 0.1) is 5.37 Å².